The molecular weight excluding hydrogens is 496 g/mol. The number of nitriles is 1. The molecule has 2 saturated heterocycles. The Morgan fingerprint density at radius 3 is 2.50 bits per heavy atom. The molecule has 1 amide bonds. The molecule has 194 valence electrons. The molecule has 1 N–H and O–H groups in total. The number of thiocarbonyl (C=S) groups is 1. The van der Waals surface area contributed by atoms with E-state index in [2.05, 4.69) is 17.9 Å². The first-order valence-electron chi connectivity index (χ1n) is 12.7. The van der Waals surface area contributed by atoms with E-state index in [1.54, 1.807) is 16.4 Å². The van der Waals surface area contributed by atoms with Crippen LogP contribution >= 0.6 is 24.0 Å². The van der Waals surface area contributed by atoms with E-state index >= 15 is 0 Å². The van der Waals surface area contributed by atoms with Crippen LogP contribution in [0.2, 0.25) is 0 Å². The fourth-order valence-corrected chi connectivity index (χ4v) is 5.95. The number of amides is 1. The molecule has 3 rings (SSSR count). The molecule has 2 aliphatic heterocycles. The van der Waals surface area contributed by atoms with E-state index in [9.17, 15) is 19.6 Å². The Morgan fingerprint density at radius 1 is 1.14 bits per heavy atom. The summed E-state index contributed by atoms with van der Waals surface area (Å²) < 4.78 is 2.21. The summed E-state index contributed by atoms with van der Waals surface area (Å²) in [4.78, 5) is 41.6. The van der Waals surface area contributed by atoms with E-state index in [0.717, 1.165) is 56.6 Å². The van der Waals surface area contributed by atoms with Crippen LogP contribution in [0.4, 0.5) is 5.82 Å². The van der Waals surface area contributed by atoms with Crippen molar-refractivity contribution in [3.8, 4) is 6.07 Å². The van der Waals surface area contributed by atoms with Crippen LogP contribution in [0.1, 0.15) is 81.4 Å². The molecular formula is C26H34N4O4S2. The number of piperidine rings is 1. The number of carboxylic acids is 1. The standard InChI is InChI=1S/C26H34N4O4S2/c1-3-4-14-29-23(28-12-8-6-9-13-28)19(18(2)20(17-27)24(29)33)16-21-25(34)30(26(35)36-21)15-10-5-7-11-22(31)32/h16H,3-15H2,1-2H3,(H,31,32)/b21-16+. The first kappa shape index (κ1) is 27.9. The fourth-order valence-electron chi connectivity index (χ4n) is 4.66. The molecule has 0 aromatic carbocycles. The maximum atomic E-state index is 13.3. The first-order chi connectivity index (χ1) is 17.3. The normalized spacial score (nSPS) is 17.2. The minimum Gasteiger partial charge on any atom is -0.481 e. The Balaban J connectivity index is 1.99. The summed E-state index contributed by atoms with van der Waals surface area (Å²) in [6.07, 6.45) is 8.81. The van der Waals surface area contributed by atoms with E-state index in [1.165, 1.54) is 11.8 Å². The van der Waals surface area contributed by atoms with Crippen LogP contribution in [-0.2, 0) is 16.1 Å². The number of carboxylic acid groups (broad SMARTS) is 1. The average molecular weight is 531 g/mol. The Labute approximate surface area is 221 Å². The molecule has 2 aliphatic rings. The number of aliphatic carboxylic acids is 1. The molecule has 36 heavy (non-hydrogen) atoms. The summed E-state index contributed by atoms with van der Waals surface area (Å²) in [5.41, 5.74) is 1.18. The number of aromatic nitrogens is 1. The Kier molecular flexibility index (Phi) is 10.1. The third-order valence-electron chi connectivity index (χ3n) is 6.66. The van der Waals surface area contributed by atoms with Gasteiger partial charge in [0.05, 0.1) is 4.91 Å². The van der Waals surface area contributed by atoms with Crippen LogP contribution in [0.3, 0.4) is 0 Å². The highest BCUT2D eigenvalue weighted by Gasteiger charge is 2.33. The lowest BCUT2D eigenvalue weighted by Crippen LogP contribution is -2.37. The summed E-state index contributed by atoms with van der Waals surface area (Å²) in [7, 11) is 0. The topological polar surface area (TPSA) is 107 Å². The van der Waals surface area contributed by atoms with Crippen molar-refractivity contribution in [3.63, 3.8) is 0 Å². The molecule has 0 unspecified atom stereocenters. The molecule has 8 nitrogen and oxygen atoms in total. The Morgan fingerprint density at radius 2 is 1.86 bits per heavy atom. The van der Waals surface area contributed by atoms with Crippen molar-refractivity contribution in [3.05, 3.63) is 31.9 Å². The van der Waals surface area contributed by atoms with Gasteiger partial charge in [0.15, 0.2) is 0 Å². The van der Waals surface area contributed by atoms with Gasteiger partial charge in [0, 0.05) is 38.2 Å². The second-order valence-corrected chi connectivity index (χ2v) is 10.9. The van der Waals surface area contributed by atoms with Gasteiger partial charge in [-0.2, -0.15) is 5.26 Å². The second-order valence-electron chi connectivity index (χ2n) is 9.24. The molecule has 10 heteroatoms. The molecule has 2 fully saturated rings. The predicted octanol–water partition coefficient (Wildman–Crippen LogP) is 4.67. The molecule has 1 aromatic heterocycles. The van der Waals surface area contributed by atoms with Crippen LogP contribution in [0.15, 0.2) is 9.70 Å². The number of hydrogen-bond donors (Lipinski definition) is 1. The van der Waals surface area contributed by atoms with Crippen LogP contribution in [0, 0.1) is 18.3 Å². The number of nitrogens with zero attached hydrogens (tertiary/aromatic N) is 4. The van der Waals surface area contributed by atoms with Gasteiger partial charge in [-0.15, -0.1) is 0 Å². The number of unbranched alkanes of at least 4 members (excludes halogenated alkanes) is 3. The fraction of sp³-hybridized carbons (Fsp3) is 0.577. The van der Waals surface area contributed by atoms with Crippen molar-refractivity contribution in [1.82, 2.24) is 9.47 Å². The van der Waals surface area contributed by atoms with Gasteiger partial charge in [0.2, 0.25) is 0 Å². The molecule has 1 aromatic rings. The molecule has 0 spiro atoms. The van der Waals surface area contributed by atoms with Crippen LogP contribution in [0.5, 0.6) is 0 Å². The second kappa shape index (κ2) is 13.1. The van der Waals surface area contributed by atoms with Gasteiger partial charge in [-0.25, -0.2) is 0 Å². The maximum absolute atomic E-state index is 13.3. The third kappa shape index (κ3) is 6.37. The number of hydrogen-bond acceptors (Lipinski definition) is 7. The van der Waals surface area contributed by atoms with Gasteiger partial charge >= 0.3 is 5.97 Å². The predicted molar refractivity (Wildman–Crippen MR) is 147 cm³/mol. The SMILES string of the molecule is CCCCn1c(N2CCCCC2)c(/C=C2/SC(=S)N(CCCCCC(=O)O)C2=O)c(C)c(C#N)c1=O. The molecule has 0 bridgehead atoms. The van der Waals surface area contributed by atoms with Gasteiger partial charge in [-0.05, 0) is 57.1 Å². The lowest BCUT2D eigenvalue weighted by Gasteiger charge is -2.33. The number of pyridine rings is 1. The Hall–Kier alpha value is -2.64. The minimum absolute atomic E-state index is 0.117. The largest absolute Gasteiger partial charge is 0.481 e. The van der Waals surface area contributed by atoms with Gasteiger partial charge in [0.25, 0.3) is 11.5 Å². The van der Waals surface area contributed by atoms with Crippen molar-refractivity contribution in [1.29, 1.82) is 5.26 Å². The van der Waals surface area contributed by atoms with E-state index < -0.39 is 5.97 Å². The highest BCUT2D eigenvalue weighted by Crippen LogP contribution is 2.36. The smallest absolute Gasteiger partial charge is 0.303 e. The highest BCUT2D eigenvalue weighted by molar-refractivity contribution is 8.26. The molecule has 0 radical (unpaired) electrons. The summed E-state index contributed by atoms with van der Waals surface area (Å²) in [5, 5.41) is 18.6. The number of anilines is 1. The minimum atomic E-state index is -0.819. The van der Waals surface area contributed by atoms with Crippen molar-refractivity contribution >= 4 is 52.1 Å². The van der Waals surface area contributed by atoms with Crippen LogP contribution < -0.4 is 10.5 Å². The number of rotatable bonds is 11. The van der Waals surface area contributed by atoms with Crippen molar-refractivity contribution in [2.45, 2.75) is 78.2 Å². The Bertz CT molecular complexity index is 1150. The van der Waals surface area contributed by atoms with Gasteiger partial charge < -0.3 is 10.0 Å². The van der Waals surface area contributed by atoms with Gasteiger partial charge in [-0.3, -0.25) is 23.9 Å². The summed E-state index contributed by atoms with van der Waals surface area (Å²) in [5.74, 6) is -0.207. The van der Waals surface area contributed by atoms with Gasteiger partial charge in [0.1, 0.15) is 21.8 Å². The van der Waals surface area contributed by atoms with Crippen molar-refractivity contribution in [2.75, 3.05) is 24.5 Å². The number of thioether (sulfide) groups is 1. The van der Waals surface area contributed by atoms with Crippen LogP contribution in [-0.4, -0.2) is 50.4 Å². The average Bonchev–Trinajstić information content (AvgIpc) is 3.12. The van der Waals surface area contributed by atoms with Crippen molar-refractivity contribution < 1.29 is 14.7 Å². The lowest BCUT2D eigenvalue weighted by molar-refractivity contribution is -0.137. The van der Waals surface area contributed by atoms with Gasteiger partial charge in [-0.1, -0.05) is 43.7 Å². The molecule has 3 heterocycles. The number of carbonyl (C=O) groups excluding carboxylic acids is 1. The van der Waals surface area contributed by atoms with Crippen molar-refractivity contribution in [2.24, 2.45) is 0 Å². The lowest BCUT2D eigenvalue weighted by atomic mass is 10.0. The molecule has 0 saturated carbocycles. The summed E-state index contributed by atoms with van der Waals surface area (Å²) in [6.45, 7) is 6.48. The highest BCUT2D eigenvalue weighted by atomic mass is 32.2. The quantitative estimate of drug-likeness (QED) is 0.250. The zero-order valence-corrected chi connectivity index (χ0v) is 22.7. The van der Waals surface area contributed by atoms with E-state index in [0.29, 0.717) is 47.1 Å². The summed E-state index contributed by atoms with van der Waals surface area (Å²) >= 11 is 6.73. The summed E-state index contributed by atoms with van der Waals surface area (Å²) in [6, 6.07) is 2.10. The zero-order valence-electron chi connectivity index (χ0n) is 21.0. The van der Waals surface area contributed by atoms with Crippen LogP contribution in [0.25, 0.3) is 6.08 Å². The van der Waals surface area contributed by atoms with E-state index in [-0.39, 0.29) is 23.5 Å². The third-order valence-corrected chi connectivity index (χ3v) is 8.04. The monoisotopic (exact) mass is 530 g/mol. The first-order valence-corrected chi connectivity index (χ1v) is 13.9. The van der Waals surface area contributed by atoms with E-state index in [1.807, 2.05) is 6.08 Å². The molecule has 0 atom stereocenters. The zero-order chi connectivity index (χ0) is 26.2. The van der Waals surface area contributed by atoms with E-state index in [4.69, 9.17) is 17.3 Å². The molecule has 0 aliphatic carbocycles. The maximum Gasteiger partial charge on any atom is 0.303 e. The number of carbonyl (C=O) groups is 2.